The van der Waals surface area contributed by atoms with Crippen LogP contribution in [0.2, 0.25) is 0 Å². The summed E-state index contributed by atoms with van der Waals surface area (Å²) < 4.78 is 39.9. The van der Waals surface area contributed by atoms with Crippen LogP contribution in [0, 0.1) is 11.8 Å². The first-order valence-electron chi connectivity index (χ1n) is 6.19. The Morgan fingerprint density at radius 2 is 2.17 bits per heavy atom. The Morgan fingerprint density at radius 1 is 1.44 bits per heavy atom. The van der Waals surface area contributed by atoms with Crippen molar-refractivity contribution in [2.24, 2.45) is 24.6 Å². The van der Waals surface area contributed by atoms with Crippen LogP contribution in [-0.2, 0) is 7.05 Å². The van der Waals surface area contributed by atoms with E-state index in [2.05, 4.69) is 5.10 Å². The quantitative estimate of drug-likeness (QED) is 0.889. The van der Waals surface area contributed by atoms with E-state index in [-0.39, 0.29) is 24.8 Å². The molecule has 6 heteroatoms. The molecule has 0 aliphatic heterocycles. The zero-order valence-electron chi connectivity index (χ0n) is 10.3. The molecule has 0 bridgehead atoms. The summed E-state index contributed by atoms with van der Waals surface area (Å²) in [6.45, 7) is 0. The second kappa shape index (κ2) is 4.91. The van der Waals surface area contributed by atoms with Gasteiger partial charge in [0.05, 0.1) is 11.6 Å². The number of halogens is 3. The first-order valence-corrected chi connectivity index (χ1v) is 6.19. The highest BCUT2D eigenvalue weighted by Gasteiger charge is 2.43. The lowest BCUT2D eigenvalue weighted by Gasteiger charge is -2.33. The zero-order valence-corrected chi connectivity index (χ0v) is 10.3. The minimum absolute atomic E-state index is 0.110. The zero-order chi connectivity index (χ0) is 13.3. The molecule has 0 radical (unpaired) electrons. The molecule has 3 nitrogen and oxygen atoms in total. The van der Waals surface area contributed by atoms with Crippen molar-refractivity contribution >= 4 is 0 Å². The SMILES string of the molecule is Cn1nccc1C(N)C1CCCC(C(F)(F)F)C1. The van der Waals surface area contributed by atoms with Gasteiger partial charge in [-0.15, -0.1) is 0 Å². The van der Waals surface area contributed by atoms with Gasteiger partial charge in [0, 0.05) is 19.3 Å². The molecule has 1 saturated carbocycles. The van der Waals surface area contributed by atoms with Gasteiger partial charge in [-0.3, -0.25) is 4.68 Å². The summed E-state index contributed by atoms with van der Waals surface area (Å²) in [6.07, 6.45) is -0.739. The molecule has 0 aromatic carbocycles. The van der Waals surface area contributed by atoms with E-state index in [1.54, 1.807) is 24.0 Å². The molecule has 3 atom stereocenters. The van der Waals surface area contributed by atoms with Crippen molar-refractivity contribution in [2.45, 2.75) is 37.9 Å². The summed E-state index contributed by atoms with van der Waals surface area (Å²) in [7, 11) is 1.76. The third-order valence-corrected chi connectivity index (χ3v) is 3.89. The summed E-state index contributed by atoms with van der Waals surface area (Å²) in [5.74, 6) is -1.31. The van der Waals surface area contributed by atoms with Crippen LogP contribution in [0.4, 0.5) is 13.2 Å². The molecule has 1 heterocycles. The van der Waals surface area contributed by atoms with Gasteiger partial charge in [-0.2, -0.15) is 18.3 Å². The number of rotatable bonds is 2. The van der Waals surface area contributed by atoms with Crippen LogP contribution < -0.4 is 5.73 Å². The van der Waals surface area contributed by atoms with E-state index in [1.807, 2.05) is 0 Å². The molecule has 2 N–H and O–H groups in total. The lowest BCUT2D eigenvalue weighted by Crippen LogP contribution is -2.34. The first kappa shape index (κ1) is 13.4. The van der Waals surface area contributed by atoms with Crippen LogP contribution in [0.15, 0.2) is 12.3 Å². The average Bonchev–Trinajstić information content (AvgIpc) is 2.73. The molecule has 0 saturated heterocycles. The maximum absolute atomic E-state index is 12.7. The Kier molecular flexibility index (Phi) is 3.66. The Bertz CT molecular complexity index is 400. The Balaban J connectivity index is 2.07. The van der Waals surface area contributed by atoms with Gasteiger partial charge in [0.2, 0.25) is 0 Å². The first-order chi connectivity index (χ1) is 8.39. The highest BCUT2D eigenvalue weighted by Crippen LogP contribution is 2.43. The van der Waals surface area contributed by atoms with Crippen molar-refractivity contribution in [3.8, 4) is 0 Å². The maximum atomic E-state index is 12.7. The summed E-state index contributed by atoms with van der Waals surface area (Å²) in [5.41, 5.74) is 6.90. The number of nitrogens with two attached hydrogens (primary N) is 1. The van der Waals surface area contributed by atoms with E-state index in [9.17, 15) is 13.2 Å². The van der Waals surface area contributed by atoms with E-state index in [0.717, 1.165) is 12.1 Å². The topological polar surface area (TPSA) is 43.8 Å². The molecule has 0 amide bonds. The molecular weight excluding hydrogens is 243 g/mol. The van der Waals surface area contributed by atoms with E-state index >= 15 is 0 Å². The second-order valence-electron chi connectivity index (χ2n) is 5.07. The van der Waals surface area contributed by atoms with Gasteiger partial charge in [-0.1, -0.05) is 6.42 Å². The summed E-state index contributed by atoms with van der Waals surface area (Å²) in [5, 5.41) is 4.01. The Morgan fingerprint density at radius 3 is 2.72 bits per heavy atom. The van der Waals surface area contributed by atoms with E-state index < -0.39 is 12.1 Å². The van der Waals surface area contributed by atoms with Crippen LogP contribution in [0.5, 0.6) is 0 Å². The highest BCUT2D eigenvalue weighted by atomic mass is 19.4. The van der Waals surface area contributed by atoms with Crippen LogP contribution in [0.25, 0.3) is 0 Å². The minimum Gasteiger partial charge on any atom is -0.322 e. The van der Waals surface area contributed by atoms with Crippen molar-refractivity contribution in [3.05, 3.63) is 18.0 Å². The van der Waals surface area contributed by atoms with Crippen LogP contribution in [0.1, 0.15) is 37.4 Å². The molecule has 1 aliphatic rings. The lowest BCUT2D eigenvalue weighted by atomic mass is 9.77. The van der Waals surface area contributed by atoms with Crippen LogP contribution in [0.3, 0.4) is 0 Å². The highest BCUT2D eigenvalue weighted by molar-refractivity contribution is 5.08. The molecule has 102 valence electrons. The average molecular weight is 261 g/mol. The summed E-state index contributed by atoms with van der Waals surface area (Å²) >= 11 is 0. The van der Waals surface area contributed by atoms with Crippen molar-refractivity contribution in [1.82, 2.24) is 9.78 Å². The predicted molar refractivity (Wildman–Crippen MR) is 61.6 cm³/mol. The van der Waals surface area contributed by atoms with Gasteiger partial charge < -0.3 is 5.73 Å². The van der Waals surface area contributed by atoms with Gasteiger partial charge in [-0.05, 0) is 31.2 Å². The predicted octanol–water partition coefficient (Wildman–Crippen LogP) is 2.79. The Labute approximate surface area is 104 Å². The number of aromatic nitrogens is 2. The molecule has 1 fully saturated rings. The standard InChI is InChI=1S/C12H18F3N3/c1-18-10(5-6-17-18)11(16)8-3-2-4-9(7-8)12(13,14)15/h5-6,8-9,11H,2-4,7,16H2,1H3. The van der Waals surface area contributed by atoms with E-state index in [4.69, 9.17) is 5.73 Å². The number of alkyl halides is 3. The van der Waals surface area contributed by atoms with Gasteiger partial charge in [0.15, 0.2) is 0 Å². The van der Waals surface area contributed by atoms with E-state index in [0.29, 0.717) is 6.42 Å². The smallest absolute Gasteiger partial charge is 0.322 e. The van der Waals surface area contributed by atoms with Crippen molar-refractivity contribution in [2.75, 3.05) is 0 Å². The molecule has 18 heavy (non-hydrogen) atoms. The van der Waals surface area contributed by atoms with Gasteiger partial charge in [-0.25, -0.2) is 0 Å². The fraction of sp³-hybridized carbons (Fsp3) is 0.750. The molecule has 1 aromatic heterocycles. The maximum Gasteiger partial charge on any atom is 0.391 e. The van der Waals surface area contributed by atoms with E-state index in [1.165, 1.54) is 0 Å². The summed E-state index contributed by atoms with van der Waals surface area (Å²) in [4.78, 5) is 0. The minimum atomic E-state index is -4.09. The molecule has 2 rings (SSSR count). The lowest BCUT2D eigenvalue weighted by molar-refractivity contribution is -0.186. The molecule has 1 aromatic rings. The molecule has 1 aliphatic carbocycles. The largest absolute Gasteiger partial charge is 0.391 e. The fourth-order valence-electron chi connectivity index (χ4n) is 2.80. The monoisotopic (exact) mass is 261 g/mol. The normalized spacial score (nSPS) is 27.2. The van der Waals surface area contributed by atoms with Crippen molar-refractivity contribution in [1.29, 1.82) is 0 Å². The van der Waals surface area contributed by atoms with Crippen molar-refractivity contribution in [3.63, 3.8) is 0 Å². The Hall–Kier alpha value is -1.04. The van der Waals surface area contributed by atoms with Gasteiger partial charge in [0.25, 0.3) is 0 Å². The summed E-state index contributed by atoms with van der Waals surface area (Å²) in [6, 6.07) is 1.42. The second-order valence-corrected chi connectivity index (χ2v) is 5.07. The van der Waals surface area contributed by atoms with Gasteiger partial charge >= 0.3 is 6.18 Å². The van der Waals surface area contributed by atoms with Crippen molar-refractivity contribution < 1.29 is 13.2 Å². The molecular formula is C12H18F3N3. The van der Waals surface area contributed by atoms with Crippen LogP contribution >= 0.6 is 0 Å². The third kappa shape index (κ3) is 2.68. The van der Waals surface area contributed by atoms with Gasteiger partial charge in [0.1, 0.15) is 0 Å². The fourth-order valence-corrected chi connectivity index (χ4v) is 2.80. The number of nitrogens with zero attached hydrogens (tertiary/aromatic N) is 2. The number of hydrogen-bond acceptors (Lipinski definition) is 2. The number of hydrogen-bond donors (Lipinski definition) is 1. The molecule has 3 unspecified atom stereocenters. The third-order valence-electron chi connectivity index (χ3n) is 3.89. The number of aryl methyl sites for hydroxylation is 1. The van der Waals surface area contributed by atoms with Crippen LogP contribution in [-0.4, -0.2) is 16.0 Å². The molecule has 0 spiro atoms.